The summed E-state index contributed by atoms with van der Waals surface area (Å²) in [6.07, 6.45) is -0.675. The molecule has 2 unspecified atom stereocenters. The average molecular weight is 733 g/mol. The van der Waals surface area contributed by atoms with Crippen LogP contribution in [0.3, 0.4) is 0 Å². The van der Waals surface area contributed by atoms with Gasteiger partial charge in [-0.3, -0.25) is 4.18 Å². The minimum Gasteiger partial charge on any atom is -0.464 e. The molecule has 0 aliphatic carbocycles. The summed E-state index contributed by atoms with van der Waals surface area (Å²) in [7, 11) is -2.40. The highest BCUT2D eigenvalue weighted by atomic mass is 35.7. The Morgan fingerprint density at radius 1 is 0.717 bits per heavy atom. The third kappa shape index (κ3) is 23.1. The fourth-order valence-electron chi connectivity index (χ4n) is 2.88. The molecule has 0 amide bonds. The van der Waals surface area contributed by atoms with E-state index in [4.69, 9.17) is 20.0 Å². The second-order valence-corrected chi connectivity index (χ2v) is 13.2. The third-order valence-corrected chi connectivity index (χ3v) is 8.23. The van der Waals surface area contributed by atoms with Crippen LogP contribution in [0.2, 0.25) is 0 Å². The van der Waals surface area contributed by atoms with Gasteiger partial charge in [0.1, 0.15) is 6.10 Å². The quantitative estimate of drug-likeness (QED) is 0.131. The van der Waals surface area contributed by atoms with E-state index in [9.17, 15) is 26.4 Å². The first-order chi connectivity index (χ1) is 21.4. The van der Waals surface area contributed by atoms with Crippen LogP contribution in [-0.2, 0) is 42.4 Å². The van der Waals surface area contributed by atoms with Gasteiger partial charge < -0.3 is 19.5 Å². The zero-order valence-corrected chi connectivity index (χ0v) is 31.6. The first-order valence-corrected chi connectivity index (χ1v) is 19.0. The number of benzene rings is 2. The van der Waals surface area contributed by atoms with Crippen molar-refractivity contribution in [1.29, 1.82) is 0 Å². The molecule has 0 heterocycles. The fourth-order valence-corrected chi connectivity index (χ4v) is 4.69. The zero-order chi connectivity index (χ0) is 36.5. The molecule has 0 fully saturated rings. The van der Waals surface area contributed by atoms with Crippen molar-refractivity contribution < 1.29 is 45.2 Å². The molecule has 2 rings (SSSR count). The molecule has 0 radical (unpaired) electrons. The van der Waals surface area contributed by atoms with Gasteiger partial charge in [0.05, 0.1) is 23.0 Å². The molecule has 2 aromatic carbocycles. The van der Waals surface area contributed by atoms with Crippen LogP contribution in [0.5, 0.6) is 0 Å². The molecule has 11 nitrogen and oxygen atoms in total. The maximum Gasteiger partial charge on any atom is 0.336 e. The Labute approximate surface area is 285 Å². The molecule has 0 bridgehead atoms. The largest absolute Gasteiger partial charge is 0.464 e. The van der Waals surface area contributed by atoms with Gasteiger partial charge in [-0.05, 0) is 85.4 Å². The molecule has 266 valence electrons. The lowest BCUT2D eigenvalue weighted by atomic mass is 10.2. The van der Waals surface area contributed by atoms with Crippen molar-refractivity contribution in [1.82, 2.24) is 4.90 Å². The highest BCUT2D eigenvalue weighted by molar-refractivity contribution is 8.13. The standard InChI is InChI=1S/C12H16O5S.C7H7ClO2S.C6H15N.C5H10O3.CH3Cl/c1-4-16-12(13)10(3)17-18(14,15)11-7-5-9(2)6-8-11;1-6-2-4-7(5-3-6)11(8,9)10;1-4-7(5-2)6-3;1-3-8-5(7)4(2)6;1-2/h5-8,10H,4H2,1-3H3;2-5H,1H3;4-6H2,1-3H3;4,6H,3H2,1-2H3;1H3. The normalized spacial score (nSPS) is 11.8. The third-order valence-electron chi connectivity index (χ3n) is 5.47. The topological polar surface area (TPSA) is 154 Å². The Morgan fingerprint density at radius 2 is 1.07 bits per heavy atom. The maximum atomic E-state index is 11.8. The first kappa shape index (κ1) is 48.1. The zero-order valence-electron chi connectivity index (χ0n) is 28.5. The number of rotatable bonds is 11. The van der Waals surface area contributed by atoms with Crippen LogP contribution >= 0.6 is 22.3 Å². The van der Waals surface area contributed by atoms with E-state index in [1.807, 2.05) is 13.8 Å². The Morgan fingerprint density at radius 3 is 1.33 bits per heavy atom. The van der Waals surface area contributed by atoms with Crippen LogP contribution in [0, 0.1) is 13.8 Å². The van der Waals surface area contributed by atoms with Crippen molar-refractivity contribution in [3.63, 3.8) is 0 Å². The Hall–Kier alpha value is -2.26. The second-order valence-electron chi connectivity index (χ2n) is 9.06. The van der Waals surface area contributed by atoms with Crippen molar-refractivity contribution in [3.8, 4) is 0 Å². The van der Waals surface area contributed by atoms with E-state index in [2.05, 4.69) is 46.7 Å². The van der Waals surface area contributed by atoms with Gasteiger partial charge in [-0.25, -0.2) is 18.0 Å². The van der Waals surface area contributed by atoms with Crippen molar-refractivity contribution in [2.24, 2.45) is 0 Å². The van der Waals surface area contributed by atoms with Gasteiger partial charge in [-0.1, -0.05) is 56.2 Å². The van der Waals surface area contributed by atoms with Crippen LogP contribution in [0.4, 0.5) is 0 Å². The number of alkyl halides is 1. The Bertz CT molecular complexity index is 1290. The molecule has 0 saturated carbocycles. The summed E-state index contributed by atoms with van der Waals surface area (Å²) in [5, 5.41) is 8.48. The van der Waals surface area contributed by atoms with Gasteiger partial charge in [-0.15, -0.1) is 11.6 Å². The summed E-state index contributed by atoms with van der Waals surface area (Å²) >= 11 is 4.64. The molecular formula is C31H51Cl2NO10S2. The van der Waals surface area contributed by atoms with Crippen molar-refractivity contribution in [3.05, 3.63) is 59.7 Å². The van der Waals surface area contributed by atoms with Gasteiger partial charge >= 0.3 is 11.9 Å². The molecule has 2 aromatic rings. The Kier molecular flexibility index (Phi) is 28.0. The summed E-state index contributed by atoms with van der Waals surface area (Å²) < 4.78 is 59.0. The number of esters is 2. The van der Waals surface area contributed by atoms with Crippen molar-refractivity contribution >= 4 is 53.4 Å². The summed E-state index contributed by atoms with van der Waals surface area (Å²) in [5.41, 5.74) is 1.95. The van der Waals surface area contributed by atoms with Gasteiger partial charge in [0.2, 0.25) is 0 Å². The molecule has 46 heavy (non-hydrogen) atoms. The minimum absolute atomic E-state index is 0.0178. The number of carbonyl (C=O) groups is 2. The molecule has 0 saturated heterocycles. The molecular weight excluding hydrogens is 681 g/mol. The fraction of sp³-hybridized carbons (Fsp3) is 0.548. The van der Waals surface area contributed by atoms with E-state index in [1.54, 1.807) is 38.1 Å². The molecule has 0 aliphatic rings. The Balaban J connectivity index is -0.000000567. The van der Waals surface area contributed by atoms with Crippen LogP contribution in [0.1, 0.15) is 59.6 Å². The lowest BCUT2D eigenvalue weighted by Crippen LogP contribution is -2.26. The van der Waals surface area contributed by atoms with E-state index >= 15 is 0 Å². The van der Waals surface area contributed by atoms with Crippen molar-refractivity contribution in [2.45, 2.75) is 84.3 Å². The van der Waals surface area contributed by atoms with E-state index in [1.165, 1.54) is 64.1 Å². The van der Waals surface area contributed by atoms with Crippen LogP contribution in [0.25, 0.3) is 0 Å². The first-order valence-electron chi connectivity index (χ1n) is 14.5. The van der Waals surface area contributed by atoms with Gasteiger partial charge in [0.15, 0.2) is 6.10 Å². The summed E-state index contributed by atoms with van der Waals surface area (Å²) in [6.45, 7) is 20.4. The summed E-state index contributed by atoms with van der Waals surface area (Å²) in [6, 6.07) is 12.6. The van der Waals surface area contributed by atoms with E-state index < -0.39 is 43.3 Å². The number of aryl methyl sites for hydroxylation is 2. The number of nitrogens with zero attached hydrogens (tertiary/aromatic N) is 1. The number of hydrogen-bond acceptors (Lipinski definition) is 11. The van der Waals surface area contributed by atoms with Crippen molar-refractivity contribution in [2.75, 3.05) is 39.2 Å². The number of halogens is 2. The molecule has 0 spiro atoms. The molecule has 0 aromatic heterocycles. The molecule has 15 heteroatoms. The van der Waals surface area contributed by atoms with Gasteiger partial charge in [-0.2, -0.15) is 8.42 Å². The average Bonchev–Trinajstić information content (AvgIpc) is 3.00. The SMILES string of the molecule is CCN(CC)CC.CCOC(=O)C(C)O.CCOC(=O)C(C)OS(=O)(=O)c1ccc(C)cc1.CCl.Cc1ccc(S(=O)(=O)Cl)cc1. The number of hydrogen-bond donors (Lipinski definition) is 1. The van der Waals surface area contributed by atoms with Crippen LogP contribution in [-0.4, -0.2) is 90.2 Å². The number of aliphatic hydroxyl groups excluding tert-OH is 1. The number of ether oxygens (including phenoxy) is 2. The van der Waals surface area contributed by atoms with E-state index in [0.717, 1.165) is 11.1 Å². The smallest absolute Gasteiger partial charge is 0.336 e. The van der Waals surface area contributed by atoms with Crippen LogP contribution < -0.4 is 0 Å². The number of carbonyl (C=O) groups excluding carboxylic acids is 2. The van der Waals surface area contributed by atoms with E-state index in [0.29, 0.717) is 6.61 Å². The molecule has 1 N–H and O–H groups in total. The van der Waals surface area contributed by atoms with Gasteiger partial charge in [0.25, 0.3) is 19.2 Å². The highest BCUT2D eigenvalue weighted by Crippen LogP contribution is 2.16. The molecule has 0 aliphatic heterocycles. The summed E-state index contributed by atoms with van der Waals surface area (Å²) in [4.78, 5) is 24.1. The molecule has 2 atom stereocenters. The van der Waals surface area contributed by atoms with Crippen LogP contribution in [0.15, 0.2) is 58.3 Å². The monoisotopic (exact) mass is 731 g/mol. The predicted molar refractivity (Wildman–Crippen MR) is 183 cm³/mol. The lowest BCUT2D eigenvalue weighted by molar-refractivity contribution is -0.152. The van der Waals surface area contributed by atoms with E-state index in [-0.39, 0.29) is 16.4 Å². The summed E-state index contributed by atoms with van der Waals surface area (Å²) in [5.74, 6) is -1.26. The highest BCUT2D eigenvalue weighted by Gasteiger charge is 2.24. The minimum atomic E-state index is -3.94. The van der Waals surface area contributed by atoms with Gasteiger partial charge in [0, 0.05) is 17.1 Å². The lowest BCUT2D eigenvalue weighted by Gasteiger charge is -2.13. The number of aliphatic hydroxyl groups is 1. The second kappa shape index (κ2) is 26.8. The predicted octanol–water partition coefficient (Wildman–Crippen LogP) is 5.71. The maximum absolute atomic E-state index is 11.8.